The van der Waals surface area contributed by atoms with Gasteiger partial charge in [0.05, 0.1) is 36.0 Å². The molecule has 23 heavy (non-hydrogen) atoms. The van der Waals surface area contributed by atoms with Crippen molar-refractivity contribution in [2.45, 2.75) is 57.8 Å². The molecule has 1 aromatic rings. The summed E-state index contributed by atoms with van der Waals surface area (Å²) in [4.78, 5) is 2.41. The first kappa shape index (κ1) is 16.9. The Morgan fingerprint density at radius 1 is 1.39 bits per heavy atom. The Labute approximate surface area is 138 Å². The zero-order valence-corrected chi connectivity index (χ0v) is 15.3. The molecule has 1 aromatic heterocycles. The van der Waals surface area contributed by atoms with Crippen molar-refractivity contribution < 1.29 is 13.2 Å². The summed E-state index contributed by atoms with van der Waals surface area (Å²) in [7, 11) is -2.93. The molecule has 2 saturated heterocycles. The highest BCUT2D eigenvalue weighted by Crippen LogP contribution is 2.31. The molecule has 0 amide bonds. The summed E-state index contributed by atoms with van der Waals surface area (Å²) in [6.07, 6.45) is 4.75. The minimum atomic E-state index is -2.93. The van der Waals surface area contributed by atoms with Gasteiger partial charge in [0.2, 0.25) is 0 Å². The molecule has 0 spiro atoms. The normalized spacial score (nSPS) is 33.8. The Morgan fingerprint density at radius 3 is 2.78 bits per heavy atom. The second kappa shape index (κ2) is 5.57. The standard InChI is InChI=1S/C16H27N3O3S/c1-13-8-18(15(2,3)11-22-13)9-14-7-17-19(10-14)16(4)5-6-23(20,21)12-16/h7,10,13H,5-6,8-9,11-12H2,1-4H3/t13-,16+/m0/s1. The van der Waals surface area contributed by atoms with Crippen molar-refractivity contribution >= 4 is 9.84 Å². The van der Waals surface area contributed by atoms with Crippen molar-refractivity contribution in [2.75, 3.05) is 24.7 Å². The lowest BCUT2D eigenvalue weighted by Crippen LogP contribution is -2.54. The van der Waals surface area contributed by atoms with Crippen molar-refractivity contribution in [1.82, 2.24) is 14.7 Å². The second-order valence-corrected chi connectivity index (χ2v) is 10.1. The number of nitrogens with zero attached hydrogens (tertiary/aromatic N) is 3. The molecule has 0 unspecified atom stereocenters. The summed E-state index contributed by atoms with van der Waals surface area (Å²) in [5.74, 6) is 0.438. The molecular weight excluding hydrogens is 314 g/mol. The predicted molar refractivity (Wildman–Crippen MR) is 89.0 cm³/mol. The minimum absolute atomic E-state index is 0.00475. The van der Waals surface area contributed by atoms with Crippen LogP contribution in [0.2, 0.25) is 0 Å². The first-order valence-corrected chi connectivity index (χ1v) is 10.0. The average Bonchev–Trinajstić information content (AvgIpc) is 3.00. The molecule has 0 bridgehead atoms. The van der Waals surface area contributed by atoms with Gasteiger partial charge < -0.3 is 4.74 Å². The molecule has 2 aliphatic rings. The molecule has 3 heterocycles. The molecule has 0 N–H and O–H groups in total. The Balaban J connectivity index is 1.75. The van der Waals surface area contributed by atoms with E-state index in [1.165, 1.54) is 0 Å². The summed E-state index contributed by atoms with van der Waals surface area (Å²) in [5, 5.41) is 4.46. The maximum atomic E-state index is 11.8. The van der Waals surface area contributed by atoms with Crippen LogP contribution in [0.5, 0.6) is 0 Å². The molecule has 0 aromatic carbocycles. The van der Waals surface area contributed by atoms with Crippen LogP contribution in [-0.2, 0) is 26.7 Å². The van der Waals surface area contributed by atoms with E-state index in [0.717, 1.165) is 25.3 Å². The van der Waals surface area contributed by atoms with E-state index >= 15 is 0 Å². The number of rotatable bonds is 3. The number of sulfone groups is 1. The number of hydrogen-bond donors (Lipinski definition) is 0. The predicted octanol–water partition coefficient (Wildman–Crippen LogP) is 1.42. The number of morpholine rings is 1. The molecule has 130 valence electrons. The maximum absolute atomic E-state index is 11.8. The van der Waals surface area contributed by atoms with E-state index in [0.29, 0.717) is 6.42 Å². The van der Waals surface area contributed by atoms with Gasteiger partial charge in [-0.2, -0.15) is 5.10 Å². The van der Waals surface area contributed by atoms with Crippen LogP contribution < -0.4 is 0 Å². The van der Waals surface area contributed by atoms with Crippen molar-refractivity contribution in [2.24, 2.45) is 0 Å². The highest BCUT2D eigenvalue weighted by Gasteiger charge is 2.41. The van der Waals surface area contributed by atoms with Crippen molar-refractivity contribution in [3.63, 3.8) is 0 Å². The van der Waals surface area contributed by atoms with E-state index in [9.17, 15) is 8.42 Å². The summed E-state index contributed by atoms with van der Waals surface area (Å²) in [6.45, 7) is 10.9. The number of ether oxygens (including phenoxy) is 1. The molecule has 0 radical (unpaired) electrons. The fourth-order valence-corrected chi connectivity index (χ4v) is 5.58. The number of hydrogen-bond acceptors (Lipinski definition) is 5. The summed E-state index contributed by atoms with van der Waals surface area (Å²) >= 11 is 0. The fraction of sp³-hybridized carbons (Fsp3) is 0.812. The SMILES string of the molecule is C[C@H]1CN(Cc2cnn([C@]3(C)CCS(=O)(=O)C3)c2)C(C)(C)CO1. The van der Waals surface area contributed by atoms with E-state index in [-0.39, 0.29) is 23.1 Å². The zero-order chi connectivity index (χ0) is 16.9. The Bertz CT molecular complexity index is 682. The van der Waals surface area contributed by atoms with Gasteiger partial charge in [-0.05, 0) is 34.1 Å². The van der Waals surface area contributed by atoms with Crippen LogP contribution in [-0.4, -0.2) is 59.4 Å². The third-order valence-corrected chi connectivity index (χ3v) is 6.99. The second-order valence-electron chi connectivity index (χ2n) is 7.95. The van der Waals surface area contributed by atoms with Gasteiger partial charge in [-0.15, -0.1) is 0 Å². The summed E-state index contributed by atoms with van der Waals surface area (Å²) in [5.41, 5.74) is 0.706. The van der Waals surface area contributed by atoms with Gasteiger partial charge in [0, 0.05) is 30.4 Å². The van der Waals surface area contributed by atoms with Crippen LogP contribution in [0, 0.1) is 0 Å². The van der Waals surface area contributed by atoms with Crippen LogP contribution in [0.3, 0.4) is 0 Å². The molecule has 6 nitrogen and oxygen atoms in total. The van der Waals surface area contributed by atoms with E-state index in [1.54, 1.807) is 0 Å². The van der Waals surface area contributed by atoms with Gasteiger partial charge in [-0.3, -0.25) is 9.58 Å². The van der Waals surface area contributed by atoms with E-state index in [2.05, 4.69) is 30.8 Å². The minimum Gasteiger partial charge on any atom is -0.375 e. The third-order valence-electron chi connectivity index (χ3n) is 5.10. The Hall–Kier alpha value is -0.920. The van der Waals surface area contributed by atoms with Crippen LogP contribution >= 0.6 is 0 Å². The third kappa shape index (κ3) is 3.46. The van der Waals surface area contributed by atoms with Gasteiger partial charge in [-0.25, -0.2) is 8.42 Å². The van der Waals surface area contributed by atoms with Crippen LogP contribution in [0.25, 0.3) is 0 Å². The van der Waals surface area contributed by atoms with Gasteiger partial charge in [0.1, 0.15) is 0 Å². The molecule has 0 saturated carbocycles. The van der Waals surface area contributed by atoms with Gasteiger partial charge in [0.15, 0.2) is 9.84 Å². The largest absolute Gasteiger partial charge is 0.375 e. The molecule has 0 aliphatic carbocycles. The lowest BCUT2D eigenvalue weighted by molar-refractivity contribution is -0.0949. The number of aromatic nitrogens is 2. The summed E-state index contributed by atoms with van der Waals surface area (Å²) in [6, 6.07) is 0. The fourth-order valence-electron chi connectivity index (χ4n) is 3.46. The molecule has 2 aliphatic heterocycles. The highest BCUT2D eigenvalue weighted by molar-refractivity contribution is 7.91. The van der Waals surface area contributed by atoms with Crippen molar-refractivity contribution in [3.05, 3.63) is 18.0 Å². The molecule has 2 atom stereocenters. The lowest BCUT2D eigenvalue weighted by atomic mass is 10.0. The van der Waals surface area contributed by atoms with Gasteiger partial charge >= 0.3 is 0 Å². The molecule has 3 rings (SSSR count). The first-order chi connectivity index (χ1) is 10.6. The molecule has 7 heteroatoms. The Kier molecular flexibility index (Phi) is 4.09. The monoisotopic (exact) mass is 341 g/mol. The van der Waals surface area contributed by atoms with Crippen LogP contribution in [0.4, 0.5) is 0 Å². The van der Waals surface area contributed by atoms with Gasteiger partial charge in [0.25, 0.3) is 0 Å². The van der Waals surface area contributed by atoms with E-state index in [1.807, 2.05) is 24.0 Å². The van der Waals surface area contributed by atoms with E-state index < -0.39 is 15.4 Å². The van der Waals surface area contributed by atoms with Crippen molar-refractivity contribution in [3.8, 4) is 0 Å². The smallest absolute Gasteiger partial charge is 0.152 e. The zero-order valence-electron chi connectivity index (χ0n) is 14.4. The maximum Gasteiger partial charge on any atom is 0.152 e. The molecular formula is C16H27N3O3S. The quantitative estimate of drug-likeness (QED) is 0.832. The Morgan fingerprint density at radius 2 is 2.13 bits per heavy atom. The average molecular weight is 341 g/mol. The van der Waals surface area contributed by atoms with Crippen LogP contribution in [0.1, 0.15) is 39.7 Å². The summed E-state index contributed by atoms with van der Waals surface area (Å²) < 4.78 is 31.2. The van der Waals surface area contributed by atoms with E-state index in [4.69, 9.17) is 4.74 Å². The topological polar surface area (TPSA) is 64.4 Å². The van der Waals surface area contributed by atoms with Gasteiger partial charge in [-0.1, -0.05) is 0 Å². The first-order valence-electron chi connectivity index (χ1n) is 8.21. The lowest BCUT2D eigenvalue weighted by Gasteiger charge is -2.44. The molecule has 2 fully saturated rings. The van der Waals surface area contributed by atoms with Crippen molar-refractivity contribution in [1.29, 1.82) is 0 Å². The highest BCUT2D eigenvalue weighted by atomic mass is 32.2. The van der Waals surface area contributed by atoms with Crippen LogP contribution in [0.15, 0.2) is 12.4 Å².